The lowest BCUT2D eigenvalue weighted by Gasteiger charge is -2.22. The molecule has 1 heterocycles. The standard InChI is InChI=1S/C13H20ClN3O/c1-2-17-13(18)12(14)11(9-16-17)15-8-10-6-4-3-5-7-10/h9-10,15H,2-8H2,1H3. The Morgan fingerprint density at radius 1 is 1.44 bits per heavy atom. The molecular formula is C13H20ClN3O. The highest BCUT2D eigenvalue weighted by Crippen LogP contribution is 2.24. The van der Waals surface area contributed by atoms with Crippen LogP contribution in [0.2, 0.25) is 5.02 Å². The van der Waals surface area contributed by atoms with Crippen LogP contribution >= 0.6 is 11.6 Å². The van der Waals surface area contributed by atoms with Gasteiger partial charge >= 0.3 is 0 Å². The lowest BCUT2D eigenvalue weighted by Crippen LogP contribution is -2.24. The molecule has 1 aliphatic rings. The fourth-order valence-corrected chi connectivity index (χ4v) is 2.67. The molecule has 0 spiro atoms. The van der Waals surface area contributed by atoms with E-state index in [9.17, 15) is 4.79 Å². The number of aryl methyl sites for hydroxylation is 1. The lowest BCUT2D eigenvalue weighted by molar-refractivity contribution is 0.373. The molecule has 2 rings (SSSR count). The predicted molar refractivity (Wildman–Crippen MR) is 74.2 cm³/mol. The fourth-order valence-electron chi connectivity index (χ4n) is 2.46. The lowest BCUT2D eigenvalue weighted by atomic mass is 9.89. The first kappa shape index (κ1) is 13.4. The van der Waals surface area contributed by atoms with Gasteiger partial charge in [-0.05, 0) is 25.7 Å². The van der Waals surface area contributed by atoms with E-state index in [1.54, 1.807) is 6.20 Å². The second kappa shape index (κ2) is 6.23. The number of nitrogens with one attached hydrogen (secondary N) is 1. The van der Waals surface area contributed by atoms with Crippen molar-refractivity contribution in [3.05, 3.63) is 21.6 Å². The molecule has 0 atom stereocenters. The first-order valence-electron chi connectivity index (χ1n) is 6.72. The van der Waals surface area contributed by atoms with Gasteiger partial charge in [-0.1, -0.05) is 30.9 Å². The zero-order chi connectivity index (χ0) is 13.0. The molecule has 4 nitrogen and oxygen atoms in total. The van der Waals surface area contributed by atoms with Crippen LogP contribution in [0.3, 0.4) is 0 Å². The van der Waals surface area contributed by atoms with E-state index in [0.717, 1.165) is 6.54 Å². The number of nitrogens with zero attached hydrogens (tertiary/aromatic N) is 2. The summed E-state index contributed by atoms with van der Waals surface area (Å²) in [6.45, 7) is 3.30. The summed E-state index contributed by atoms with van der Waals surface area (Å²) >= 11 is 6.06. The van der Waals surface area contributed by atoms with Gasteiger partial charge < -0.3 is 5.32 Å². The van der Waals surface area contributed by atoms with Crippen LogP contribution in [0.4, 0.5) is 5.69 Å². The zero-order valence-corrected chi connectivity index (χ0v) is 11.5. The molecule has 100 valence electrons. The molecule has 5 heteroatoms. The summed E-state index contributed by atoms with van der Waals surface area (Å²) in [4.78, 5) is 11.8. The van der Waals surface area contributed by atoms with Crippen molar-refractivity contribution in [3.63, 3.8) is 0 Å². The van der Waals surface area contributed by atoms with Gasteiger partial charge in [-0.3, -0.25) is 4.79 Å². The van der Waals surface area contributed by atoms with E-state index >= 15 is 0 Å². The van der Waals surface area contributed by atoms with Gasteiger partial charge in [0.1, 0.15) is 5.02 Å². The van der Waals surface area contributed by atoms with Crippen molar-refractivity contribution in [2.45, 2.75) is 45.6 Å². The molecule has 1 fully saturated rings. The largest absolute Gasteiger partial charge is 0.382 e. The van der Waals surface area contributed by atoms with Crippen molar-refractivity contribution in [1.82, 2.24) is 9.78 Å². The second-order valence-electron chi connectivity index (χ2n) is 4.88. The van der Waals surface area contributed by atoms with Gasteiger partial charge in [0.05, 0.1) is 11.9 Å². The minimum atomic E-state index is -0.215. The molecule has 0 aromatic carbocycles. The molecule has 0 aliphatic heterocycles. The minimum Gasteiger partial charge on any atom is -0.382 e. The van der Waals surface area contributed by atoms with Gasteiger partial charge in [-0.25, -0.2) is 4.68 Å². The summed E-state index contributed by atoms with van der Waals surface area (Å²) in [5.41, 5.74) is 0.449. The number of anilines is 1. The van der Waals surface area contributed by atoms with Crippen molar-refractivity contribution in [3.8, 4) is 0 Å². The Kier molecular flexibility index (Phi) is 4.64. The molecule has 18 heavy (non-hydrogen) atoms. The summed E-state index contributed by atoms with van der Waals surface area (Å²) in [7, 11) is 0. The summed E-state index contributed by atoms with van der Waals surface area (Å²) in [6.07, 6.45) is 8.17. The van der Waals surface area contributed by atoms with E-state index in [1.165, 1.54) is 36.8 Å². The third-order valence-electron chi connectivity index (χ3n) is 3.59. The van der Waals surface area contributed by atoms with Gasteiger partial charge in [-0.15, -0.1) is 0 Å². The maximum atomic E-state index is 11.8. The number of halogens is 1. The summed E-state index contributed by atoms with van der Waals surface area (Å²) < 4.78 is 1.37. The third kappa shape index (κ3) is 3.05. The average molecular weight is 270 g/mol. The zero-order valence-electron chi connectivity index (χ0n) is 10.8. The number of rotatable bonds is 4. The summed E-state index contributed by atoms with van der Waals surface area (Å²) in [6, 6.07) is 0. The molecule has 1 aliphatic carbocycles. The highest BCUT2D eigenvalue weighted by atomic mass is 35.5. The predicted octanol–water partition coefficient (Wildman–Crippen LogP) is 2.91. The van der Waals surface area contributed by atoms with Gasteiger partial charge in [0.2, 0.25) is 0 Å². The molecule has 0 amide bonds. The van der Waals surface area contributed by atoms with Gasteiger partial charge in [0.25, 0.3) is 5.56 Å². The molecule has 1 N–H and O–H groups in total. The highest BCUT2D eigenvalue weighted by molar-refractivity contribution is 6.32. The Balaban J connectivity index is 2.01. The number of hydrogen-bond donors (Lipinski definition) is 1. The molecule has 0 radical (unpaired) electrons. The van der Waals surface area contributed by atoms with Crippen LogP contribution in [0.1, 0.15) is 39.0 Å². The topological polar surface area (TPSA) is 46.9 Å². The van der Waals surface area contributed by atoms with E-state index in [0.29, 0.717) is 18.2 Å². The Hall–Kier alpha value is -1.03. The van der Waals surface area contributed by atoms with E-state index in [1.807, 2.05) is 6.92 Å². The van der Waals surface area contributed by atoms with Crippen molar-refractivity contribution in [2.24, 2.45) is 5.92 Å². The van der Waals surface area contributed by atoms with E-state index in [4.69, 9.17) is 11.6 Å². The Morgan fingerprint density at radius 3 is 2.83 bits per heavy atom. The summed E-state index contributed by atoms with van der Waals surface area (Å²) in [5, 5.41) is 7.60. The first-order valence-corrected chi connectivity index (χ1v) is 7.09. The van der Waals surface area contributed by atoms with E-state index < -0.39 is 0 Å². The monoisotopic (exact) mass is 269 g/mol. The van der Waals surface area contributed by atoms with Crippen LogP contribution in [-0.4, -0.2) is 16.3 Å². The molecule has 0 saturated heterocycles. The smallest absolute Gasteiger partial charge is 0.287 e. The quantitative estimate of drug-likeness (QED) is 0.914. The highest BCUT2D eigenvalue weighted by Gasteiger charge is 2.14. The van der Waals surface area contributed by atoms with Crippen molar-refractivity contribution in [1.29, 1.82) is 0 Å². The molecule has 0 unspecified atom stereocenters. The Labute approximate surface area is 112 Å². The molecule has 1 aromatic rings. The molecular weight excluding hydrogens is 250 g/mol. The minimum absolute atomic E-state index is 0.215. The Bertz CT molecular complexity index is 452. The van der Waals surface area contributed by atoms with Crippen LogP contribution in [-0.2, 0) is 6.54 Å². The maximum absolute atomic E-state index is 11.8. The first-order chi connectivity index (χ1) is 8.72. The summed E-state index contributed by atoms with van der Waals surface area (Å²) in [5.74, 6) is 0.698. The third-order valence-corrected chi connectivity index (χ3v) is 3.96. The Morgan fingerprint density at radius 2 is 2.17 bits per heavy atom. The molecule has 0 bridgehead atoms. The van der Waals surface area contributed by atoms with Crippen LogP contribution in [0.15, 0.2) is 11.0 Å². The van der Waals surface area contributed by atoms with Crippen molar-refractivity contribution in [2.75, 3.05) is 11.9 Å². The normalized spacial score (nSPS) is 16.8. The van der Waals surface area contributed by atoms with E-state index in [-0.39, 0.29) is 10.6 Å². The van der Waals surface area contributed by atoms with Crippen LogP contribution < -0.4 is 10.9 Å². The maximum Gasteiger partial charge on any atom is 0.287 e. The van der Waals surface area contributed by atoms with Crippen LogP contribution in [0.5, 0.6) is 0 Å². The molecule has 1 aromatic heterocycles. The number of hydrogen-bond acceptors (Lipinski definition) is 3. The van der Waals surface area contributed by atoms with Gasteiger partial charge in [0, 0.05) is 13.1 Å². The van der Waals surface area contributed by atoms with Crippen molar-refractivity contribution < 1.29 is 0 Å². The van der Waals surface area contributed by atoms with Gasteiger partial charge in [0.15, 0.2) is 0 Å². The van der Waals surface area contributed by atoms with E-state index in [2.05, 4.69) is 10.4 Å². The fraction of sp³-hybridized carbons (Fsp3) is 0.692. The SMILES string of the molecule is CCn1ncc(NCC2CCCCC2)c(Cl)c1=O. The van der Waals surface area contributed by atoms with Gasteiger partial charge in [-0.2, -0.15) is 5.10 Å². The van der Waals surface area contributed by atoms with Crippen LogP contribution in [0.25, 0.3) is 0 Å². The average Bonchev–Trinajstić information content (AvgIpc) is 2.42. The molecule has 1 saturated carbocycles. The number of aromatic nitrogens is 2. The van der Waals surface area contributed by atoms with Crippen LogP contribution in [0, 0.1) is 5.92 Å². The second-order valence-corrected chi connectivity index (χ2v) is 5.26. The van der Waals surface area contributed by atoms with Crippen molar-refractivity contribution >= 4 is 17.3 Å².